The summed E-state index contributed by atoms with van der Waals surface area (Å²) in [6.45, 7) is 4.32. The molecule has 1 aliphatic carbocycles. The molecule has 0 saturated heterocycles. The molecule has 0 amide bonds. The number of aryl methyl sites for hydroxylation is 1. The van der Waals surface area contributed by atoms with E-state index in [1.54, 1.807) is 0 Å². The van der Waals surface area contributed by atoms with Crippen molar-refractivity contribution in [3.8, 4) is 23.7 Å². The molecule has 1 fully saturated rings. The number of benzene rings is 3. The van der Waals surface area contributed by atoms with Crippen molar-refractivity contribution < 1.29 is 8.78 Å². The highest BCUT2D eigenvalue weighted by molar-refractivity contribution is 5.49. The third-order valence-corrected chi connectivity index (χ3v) is 6.41. The Morgan fingerprint density at radius 3 is 1.70 bits per heavy atom. The van der Waals surface area contributed by atoms with Crippen molar-refractivity contribution in [2.45, 2.75) is 46.0 Å². The lowest BCUT2D eigenvalue weighted by molar-refractivity contribution is 0.289. The first kappa shape index (κ1) is 22.8. The van der Waals surface area contributed by atoms with E-state index in [1.165, 1.54) is 31.2 Å². The van der Waals surface area contributed by atoms with Gasteiger partial charge in [-0.1, -0.05) is 73.3 Å². The molecule has 1 saturated carbocycles. The van der Waals surface area contributed by atoms with Gasteiger partial charge >= 0.3 is 0 Å². The maximum absolute atomic E-state index is 14.5. The second kappa shape index (κ2) is 10.5. The standard InChI is InChI=1S/C31H28F2/c1-22-3-7-24(8-4-22)15-17-28-20-31(33)29(21-30(28)32)18-16-25-11-13-27(14-12-25)19-26-9-5-23(2)6-10-26/h3-4,7-8,11-14,20-21,23,26H,5-6,9-10,19H2,1-2H3. The molecule has 2 heteroatoms. The first-order valence-corrected chi connectivity index (χ1v) is 11.6. The van der Waals surface area contributed by atoms with E-state index in [0.717, 1.165) is 47.1 Å². The van der Waals surface area contributed by atoms with Gasteiger partial charge in [-0.25, -0.2) is 8.78 Å². The Kier molecular flexibility index (Phi) is 7.26. The Balaban J connectivity index is 1.44. The molecule has 0 spiro atoms. The molecule has 3 aromatic carbocycles. The summed E-state index contributed by atoms with van der Waals surface area (Å²) >= 11 is 0. The van der Waals surface area contributed by atoms with Crippen molar-refractivity contribution in [1.29, 1.82) is 0 Å². The van der Waals surface area contributed by atoms with Crippen molar-refractivity contribution in [2.75, 3.05) is 0 Å². The zero-order chi connectivity index (χ0) is 23.2. The largest absolute Gasteiger partial charge is 0.206 e. The smallest absolute Gasteiger partial charge is 0.140 e. The van der Waals surface area contributed by atoms with E-state index in [4.69, 9.17) is 0 Å². The molecule has 1 aliphatic rings. The predicted molar refractivity (Wildman–Crippen MR) is 131 cm³/mol. The van der Waals surface area contributed by atoms with E-state index in [-0.39, 0.29) is 11.1 Å². The van der Waals surface area contributed by atoms with Crippen LogP contribution < -0.4 is 0 Å². The van der Waals surface area contributed by atoms with Crippen molar-refractivity contribution in [3.63, 3.8) is 0 Å². The SMILES string of the molecule is Cc1ccc(C#Cc2cc(F)c(C#Cc3ccc(CC4CCC(C)CC4)cc3)cc2F)cc1. The van der Waals surface area contributed by atoms with Crippen LogP contribution in [-0.4, -0.2) is 0 Å². The van der Waals surface area contributed by atoms with Gasteiger partial charge in [-0.15, -0.1) is 0 Å². The van der Waals surface area contributed by atoms with E-state index >= 15 is 0 Å². The molecule has 33 heavy (non-hydrogen) atoms. The van der Waals surface area contributed by atoms with Gasteiger partial charge in [0.25, 0.3) is 0 Å². The lowest BCUT2D eigenvalue weighted by Gasteiger charge is -2.26. The van der Waals surface area contributed by atoms with Gasteiger partial charge in [-0.2, -0.15) is 0 Å². The molecule has 0 aromatic heterocycles. The molecule has 0 atom stereocenters. The summed E-state index contributed by atoms with van der Waals surface area (Å²) in [5.74, 6) is 11.8. The summed E-state index contributed by atoms with van der Waals surface area (Å²) < 4.78 is 29.0. The molecule has 0 heterocycles. The highest BCUT2D eigenvalue weighted by Crippen LogP contribution is 2.30. The average Bonchev–Trinajstić information content (AvgIpc) is 2.82. The molecule has 0 nitrogen and oxygen atoms in total. The van der Waals surface area contributed by atoms with Gasteiger partial charge in [0.15, 0.2) is 0 Å². The third-order valence-electron chi connectivity index (χ3n) is 6.41. The summed E-state index contributed by atoms with van der Waals surface area (Å²) in [6.07, 6.45) is 6.36. The van der Waals surface area contributed by atoms with Crippen LogP contribution in [0.5, 0.6) is 0 Å². The van der Waals surface area contributed by atoms with Crippen molar-refractivity contribution in [3.05, 3.63) is 106 Å². The molecular weight excluding hydrogens is 410 g/mol. The average molecular weight is 439 g/mol. The minimum atomic E-state index is -0.572. The van der Waals surface area contributed by atoms with Crippen LogP contribution in [0.4, 0.5) is 8.78 Å². The molecule has 3 aromatic rings. The summed E-state index contributed by atoms with van der Waals surface area (Å²) in [6, 6.07) is 18.0. The summed E-state index contributed by atoms with van der Waals surface area (Å²) in [5.41, 5.74) is 4.04. The first-order valence-electron chi connectivity index (χ1n) is 11.6. The lowest BCUT2D eigenvalue weighted by Crippen LogP contribution is -2.14. The first-order chi connectivity index (χ1) is 16.0. The van der Waals surface area contributed by atoms with E-state index in [2.05, 4.69) is 42.7 Å². The second-order valence-electron chi connectivity index (χ2n) is 9.20. The predicted octanol–water partition coefficient (Wildman–Crippen LogP) is 7.44. The molecule has 0 aliphatic heterocycles. The molecule has 0 bridgehead atoms. The van der Waals surface area contributed by atoms with Gasteiger partial charge in [0.05, 0.1) is 11.1 Å². The van der Waals surface area contributed by atoms with Crippen molar-refractivity contribution in [1.82, 2.24) is 0 Å². The molecule has 166 valence electrons. The maximum Gasteiger partial charge on any atom is 0.140 e. The van der Waals surface area contributed by atoms with Gasteiger partial charge in [0.1, 0.15) is 11.6 Å². The summed E-state index contributed by atoms with van der Waals surface area (Å²) in [7, 11) is 0. The topological polar surface area (TPSA) is 0 Å². The fourth-order valence-electron chi connectivity index (χ4n) is 4.25. The van der Waals surface area contributed by atoms with Crippen LogP contribution in [0.25, 0.3) is 0 Å². The van der Waals surface area contributed by atoms with E-state index < -0.39 is 11.6 Å². The van der Waals surface area contributed by atoms with Gasteiger partial charge < -0.3 is 0 Å². The van der Waals surface area contributed by atoms with Crippen molar-refractivity contribution >= 4 is 0 Å². The quantitative estimate of drug-likeness (QED) is 0.365. The Morgan fingerprint density at radius 1 is 0.697 bits per heavy atom. The Hall–Kier alpha value is -3.36. The molecule has 0 N–H and O–H groups in total. The van der Waals surface area contributed by atoms with Crippen LogP contribution >= 0.6 is 0 Å². The van der Waals surface area contributed by atoms with Crippen LogP contribution in [0.3, 0.4) is 0 Å². The third kappa shape index (κ3) is 6.34. The molecule has 0 unspecified atom stereocenters. The highest BCUT2D eigenvalue weighted by Gasteiger charge is 2.18. The maximum atomic E-state index is 14.5. The minimum Gasteiger partial charge on any atom is -0.206 e. The number of rotatable bonds is 2. The van der Waals surface area contributed by atoms with Crippen LogP contribution in [0.1, 0.15) is 66.0 Å². The lowest BCUT2D eigenvalue weighted by atomic mass is 9.80. The number of halogens is 2. The van der Waals surface area contributed by atoms with Gasteiger partial charge in [0, 0.05) is 11.1 Å². The van der Waals surface area contributed by atoms with Crippen molar-refractivity contribution in [2.24, 2.45) is 11.8 Å². The molecule has 4 rings (SSSR count). The zero-order valence-corrected chi connectivity index (χ0v) is 19.2. The monoisotopic (exact) mass is 438 g/mol. The van der Waals surface area contributed by atoms with Crippen LogP contribution in [0.2, 0.25) is 0 Å². The van der Waals surface area contributed by atoms with Gasteiger partial charge in [-0.05, 0) is 80.0 Å². The number of hydrogen-bond donors (Lipinski definition) is 0. The van der Waals surface area contributed by atoms with E-state index in [0.29, 0.717) is 0 Å². The van der Waals surface area contributed by atoms with Crippen LogP contribution in [-0.2, 0) is 6.42 Å². The summed E-state index contributed by atoms with van der Waals surface area (Å²) in [4.78, 5) is 0. The van der Waals surface area contributed by atoms with E-state index in [9.17, 15) is 8.78 Å². The summed E-state index contributed by atoms with van der Waals surface area (Å²) in [5, 5.41) is 0. The Labute approximate surface area is 196 Å². The van der Waals surface area contributed by atoms with Gasteiger partial charge in [0.2, 0.25) is 0 Å². The molecule has 0 radical (unpaired) electrons. The Morgan fingerprint density at radius 2 is 1.18 bits per heavy atom. The van der Waals surface area contributed by atoms with E-state index in [1.807, 2.05) is 43.3 Å². The normalized spacial score (nSPS) is 17.5. The molecular formula is C31H28F2. The van der Waals surface area contributed by atoms with Crippen LogP contribution in [0, 0.1) is 54.1 Å². The number of hydrogen-bond acceptors (Lipinski definition) is 0. The fraction of sp³-hybridized carbons (Fsp3) is 0.290. The van der Waals surface area contributed by atoms with Crippen LogP contribution in [0.15, 0.2) is 60.7 Å². The second-order valence-corrected chi connectivity index (χ2v) is 9.20. The fourth-order valence-corrected chi connectivity index (χ4v) is 4.25. The Bertz CT molecular complexity index is 1220. The minimum absolute atomic E-state index is 0.0279. The zero-order valence-electron chi connectivity index (χ0n) is 19.2. The van der Waals surface area contributed by atoms with Gasteiger partial charge in [-0.3, -0.25) is 0 Å². The highest BCUT2D eigenvalue weighted by atomic mass is 19.1.